The van der Waals surface area contributed by atoms with Crippen LogP contribution in [0.25, 0.3) is 0 Å². The molecule has 1 aromatic carbocycles. The SMILES string of the molecule is COC(=O)NCCC#Cc1ccc2c(c1)CC(C)C2. The molecule has 1 aliphatic carbocycles. The van der Waals surface area contributed by atoms with Gasteiger partial charge in [-0.1, -0.05) is 24.8 Å². The van der Waals surface area contributed by atoms with E-state index in [1.165, 1.54) is 24.7 Å². The Labute approximate surface area is 114 Å². The molecule has 1 amide bonds. The Morgan fingerprint density at radius 2 is 2.21 bits per heavy atom. The van der Waals surface area contributed by atoms with Crippen molar-refractivity contribution >= 4 is 6.09 Å². The first kappa shape index (κ1) is 13.5. The fourth-order valence-corrected chi connectivity index (χ4v) is 2.38. The van der Waals surface area contributed by atoms with Crippen molar-refractivity contribution in [1.82, 2.24) is 5.32 Å². The Morgan fingerprint density at radius 1 is 1.42 bits per heavy atom. The van der Waals surface area contributed by atoms with Gasteiger partial charge in [0.25, 0.3) is 0 Å². The summed E-state index contributed by atoms with van der Waals surface area (Å²) in [6.45, 7) is 2.80. The summed E-state index contributed by atoms with van der Waals surface area (Å²) >= 11 is 0. The minimum atomic E-state index is -0.409. The fraction of sp³-hybridized carbons (Fsp3) is 0.438. The van der Waals surface area contributed by atoms with E-state index in [9.17, 15) is 4.79 Å². The number of benzene rings is 1. The molecule has 1 aliphatic rings. The Hall–Kier alpha value is -1.95. The number of fused-ring (bicyclic) bond motifs is 1. The number of carbonyl (C=O) groups excluding carboxylic acids is 1. The number of hydrogen-bond acceptors (Lipinski definition) is 2. The summed E-state index contributed by atoms with van der Waals surface area (Å²) in [5, 5.41) is 2.60. The zero-order chi connectivity index (χ0) is 13.7. The van der Waals surface area contributed by atoms with E-state index >= 15 is 0 Å². The smallest absolute Gasteiger partial charge is 0.406 e. The van der Waals surface area contributed by atoms with Crippen molar-refractivity contribution < 1.29 is 9.53 Å². The van der Waals surface area contributed by atoms with Gasteiger partial charge in [-0.05, 0) is 42.0 Å². The van der Waals surface area contributed by atoms with Gasteiger partial charge in [-0.15, -0.1) is 0 Å². The van der Waals surface area contributed by atoms with Gasteiger partial charge < -0.3 is 10.1 Å². The molecule has 0 saturated carbocycles. The van der Waals surface area contributed by atoms with E-state index in [1.807, 2.05) is 0 Å². The highest BCUT2D eigenvalue weighted by atomic mass is 16.5. The zero-order valence-corrected chi connectivity index (χ0v) is 11.5. The van der Waals surface area contributed by atoms with E-state index < -0.39 is 6.09 Å². The maximum atomic E-state index is 10.8. The molecule has 100 valence electrons. The lowest BCUT2D eigenvalue weighted by atomic mass is 10.1. The van der Waals surface area contributed by atoms with Crippen LogP contribution in [-0.4, -0.2) is 19.7 Å². The van der Waals surface area contributed by atoms with Crippen LogP contribution in [0.2, 0.25) is 0 Å². The lowest BCUT2D eigenvalue weighted by Gasteiger charge is -1.99. The summed E-state index contributed by atoms with van der Waals surface area (Å²) in [7, 11) is 1.35. The van der Waals surface area contributed by atoms with Gasteiger partial charge in [0.2, 0.25) is 0 Å². The van der Waals surface area contributed by atoms with Crippen LogP contribution in [0.3, 0.4) is 0 Å². The monoisotopic (exact) mass is 257 g/mol. The molecule has 0 aromatic heterocycles. The molecule has 19 heavy (non-hydrogen) atoms. The van der Waals surface area contributed by atoms with Crippen LogP contribution < -0.4 is 5.32 Å². The lowest BCUT2D eigenvalue weighted by molar-refractivity contribution is 0.171. The maximum absolute atomic E-state index is 10.8. The third-order valence-corrected chi connectivity index (χ3v) is 3.28. The molecule has 1 atom stereocenters. The molecule has 1 aromatic rings. The highest BCUT2D eigenvalue weighted by Crippen LogP contribution is 2.26. The van der Waals surface area contributed by atoms with Crippen LogP contribution in [0.5, 0.6) is 0 Å². The number of hydrogen-bond donors (Lipinski definition) is 1. The van der Waals surface area contributed by atoms with Crippen LogP contribution >= 0.6 is 0 Å². The fourth-order valence-electron chi connectivity index (χ4n) is 2.38. The van der Waals surface area contributed by atoms with Crippen LogP contribution in [0.4, 0.5) is 4.79 Å². The molecule has 0 heterocycles. The zero-order valence-electron chi connectivity index (χ0n) is 11.5. The molecule has 0 radical (unpaired) electrons. The largest absolute Gasteiger partial charge is 0.453 e. The van der Waals surface area contributed by atoms with Crippen LogP contribution in [0.1, 0.15) is 30.0 Å². The van der Waals surface area contributed by atoms with Crippen LogP contribution in [0, 0.1) is 17.8 Å². The van der Waals surface area contributed by atoms with Crippen molar-refractivity contribution in [2.45, 2.75) is 26.2 Å². The first-order valence-corrected chi connectivity index (χ1v) is 6.61. The second kappa shape index (κ2) is 6.29. The highest BCUT2D eigenvalue weighted by molar-refractivity contribution is 5.66. The normalized spacial score (nSPS) is 16.2. The molecule has 1 N–H and O–H groups in total. The predicted molar refractivity (Wildman–Crippen MR) is 74.9 cm³/mol. The first-order chi connectivity index (χ1) is 9.19. The molecule has 0 spiro atoms. The number of ether oxygens (including phenoxy) is 1. The number of amides is 1. The Morgan fingerprint density at radius 3 is 3.00 bits per heavy atom. The number of nitrogens with one attached hydrogen (secondary N) is 1. The highest BCUT2D eigenvalue weighted by Gasteiger charge is 2.17. The lowest BCUT2D eigenvalue weighted by Crippen LogP contribution is -2.23. The van der Waals surface area contributed by atoms with Crippen molar-refractivity contribution in [2.75, 3.05) is 13.7 Å². The van der Waals surface area contributed by atoms with Crippen LogP contribution in [0.15, 0.2) is 18.2 Å². The van der Waals surface area contributed by atoms with Gasteiger partial charge in [-0.3, -0.25) is 0 Å². The molecule has 3 nitrogen and oxygen atoms in total. The van der Waals surface area contributed by atoms with Gasteiger partial charge in [-0.2, -0.15) is 0 Å². The second-order valence-electron chi connectivity index (χ2n) is 4.97. The van der Waals surface area contributed by atoms with E-state index in [1.54, 1.807) is 0 Å². The summed E-state index contributed by atoms with van der Waals surface area (Å²) in [6.07, 6.45) is 2.57. The molecular weight excluding hydrogens is 238 g/mol. The molecule has 0 bridgehead atoms. The number of carbonyl (C=O) groups is 1. The third-order valence-electron chi connectivity index (χ3n) is 3.28. The molecule has 0 fully saturated rings. The summed E-state index contributed by atoms with van der Waals surface area (Å²) in [5.41, 5.74) is 3.96. The summed E-state index contributed by atoms with van der Waals surface area (Å²) in [6, 6.07) is 6.47. The Bertz CT molecular complexity index is 525. The Balaban J connectivity index is 1.87. The van der Waals surface area contributed by atoms with Crippen molar-refractivity contribution in [3.8, 4) is 11.8 Å². The minimum Gasteiger partial charge on any atom is -0.453 e. The number of alkyl carbamates (subject to hydrolysis) is 1. The molecule has 2 rings (SSSR count). The van der Waals surface area contributed by atoms with Gasteiger partial charge in [0.05, 0.1) is 7.11 Å². The molecular formula is C16H19NO2. The van der Waals surface area contributed by atoms with Gasteiger partial charge >= 0.3 is 6.09 Å². The summed E-state index contributed by atoms with van der Waals surface area (Å²) in [4.78, 5) is 10.8. The van der Waals surface area contributed by atoms with Crippen LogP contribution in [-0.2, 0) is 17.6 Å². The Kier molecular flexibility index (Phi) is 4.46. The quantitative estimate of drug-likeness (QED) is 0.653. The van der Waals surface area contributed by atoms with Gasteiger partial charge in [0.15, 0.2) is 0 Å². The van der Waals surface area contributed by atoms with Crippen molar-refractivity contribution in [3.05, 3.63) is 34.9 Å². The van der Waals surface area contributed by atoms with E-state index in [-0.39, 0.29) is 0 Å². The van der Waals surface area contributed by atoms with Gasteiger partial charge in [0, 0.05) is 18.5 Å². The third kappa shape index (κ3) is 3.75. The molecule has 3 heteroatoms. The second-order valence-corrected chi connectivity index (χ2v) is 4.97. The topological polar surface area (TPSA) is 38.3 Å². The molecule has 0 saturated heterocycles. The van der Waals surface area contributed by atoms with Crippen molar-refractivity contribution in [3.63, 3.8) is 0 Å². The van der Waals surface area contributed by atoms with E-state index in [0.717, 1.165) is 17.9 Å². The first-order valence-electron chi connectivity index (χ1n) is 6.61. The molecule has 1 unspecified atom stereocenters. The predicted octanol–water partition coefficient (Wildman–Crippen LogP) is 2.52. The summed E-state index contributed by atoms with van der Waals surface area (Å²) in [5.74, 6) is 6.95. The standard InChI is InChI=1S/C16H19NO2/c1-12-9-14-7-6-13(11-15(14)10-12)5-3-4-8-17-16(18)19-2/h6-7,11-12H,4,8-10H2,1-2H3,(H,17,18). The van der Waals surface area contributed by atoms with E-state index in [2.05, 4.69) is 47.0 Å². The average molecular weight is 257 g/mol. The maximum Gasteiger partial charge on any atom is 0.406 e. The van der Waals surface area contributed by atoms with Crippen molar-refractivity contribution in [2.24, 2.45) is 5.92 Å². The van der Waals surface area contributed by atoms with E-state index in [0.29, 0.717) is 13.0 Å². The average Bonchev–Trinajstić information content (AvgIpc) is 2.77. The minimum absolute atomic E-state index is 0.409. The number of methoxy groups -OCH3 is 1. The van der Waals surface area contributed by atoms with Gasteiger partial charge in [-0.25, -0.2) is 4.79 Å². The molecule has 0 aliphatic heterocycles. The summed E-state index contributed by atoms with van der Waals surface area (Å²) < 4.78 is 4.48. The van der Waals surface area contributed by atoms with Gasteiger partial charge in [0.1, 0.15) is 0 Å². The number of rotatable bonds is 2. The van der Waals surface area contributed by atoms with Crippen molar-refractivity contribution in [1.29, 1.82) is 0 Å². The van der Waals surface area contributed by atoms with E-state index in [4.69, 9.17) is 0 Å².